The van der Waals surface area contributed by atoms with Gasteiger partial charge in [-0.2, -0.15) is 4.98 Å². The monoisotopic (exact) mass is 571 g/mol. The lowest BCUT2D eigenvalue weighted by molar-refractivity contribution is -0.194. The van der Waals surface area contributed by atoms with Gasteiger partial charge in [-0.15, -0.1) is 0 Å². The van der Waals surface area contributed by atoms with Crippen LogP contribution in [0.4, 0.5) is 5.82 Å². The molecular formula is C26H41N3O11. The molecule has 0 aromatic carbocycles. The van der Waals surface area contributed by atoms with E-state index in [0.29, 0.717) is 0 Å². The van der Waals surface area contributed by atoms with Crippen molar-refractivity contribution in [1.82, 2.24) is 9.55 Å². The van der Waals surface area contributed by atoms with Crippen LogP contribution in [0.25, 0.3) is 0 Å². The van der Waals surface area contributed by atoms with Crippen molar-refractivity contribution in [2.24, 2.45) is 16.2 Å². The van der Waals surface area contributed by atoms with Crippen molar-refractivity contribution in [3.63, 3.8) is 0 Å². The molecule has 4 atom stereocenters. The predicted molar refractivity (Wildman–Crippen MR) is 139 cm³/mol. The van der Waals surface area contributed by atoms with E-state index in [1.54, 1.807) is 67.8 Å². The van der Waals surface area contributed by atoms with E-state index in [1.165, 1.54) is 12.3 Å². The van der Waals surface area contributed by atoms with Crippen LogP contribution in [0.5, 0.6) is 0 Å². The Morgan fingerprint density at radius 3 is 1.80 bits per heavy atom. The van der Waals surface area contributed by atoms with Crippen LogP contribution >= 0.6 is 0 Å². The molecular weight excluding hydrogens is 530 g/mol. The Hall–Kier alpha value is -3.07. The second kappa shape index (κ2) is 13.1. The number of esters is 3. The number of hydrogen-bond acceptors (Lipinski definition) is 13. The Kier molecular flexibility index (Phi) is 10.8. The lowest BCUT2D eigenvalue weighted by atomic mass is 9.97. The minimum Gasteiger partial charge on any atom is -0.462 e. The summed E-state index contributed by atoms with van der Waals surface area (Å²) in [5.74, 6) is -1.67. The first-order valence-corrected chi connectivity index (χ1v) is 12.8. The summed E-state index contributed by atoms with van der Waals surface area (Å²) >= 11 is 0. The zero-order chi connectivity index (χ0) is 30.5. The first kappa shape index (κ1) is 33.1. The molecule has 0 aliphatic carbocycles. The number of nitrogens with zero attached hydrogens (tertiary/aromatic N) is 2. The van der Waals surface area contributed by atoms with Gasteiger partial charge in [-0.1, -0.05) is 0 Å². The van der Waals surface area contributed by atoms with Crippen molar-refractivity contribution >= 4 is 23.7 Å². The van der Waals surface area contributed by atoms with E-state index < -0.39 is 78.0 Å². The van der Waals surface area contributed by atoms with Crippen molar-refractivity contribution in [1.29, 1.82) is 0 Å². The molecule has 0 unspecified atom stereocenters. The minimum atomic E-state index is -1.19. The van der Waals surface area contributed by atoms with Gasteiger partial charge >= 0.3 is 23.6 Å². The van der Waals surface area contributed by atoms with E-state index in [4.69, 9.17) is 33.6 Å². The number of carbonyl (C=O) groups excluding carboxylic acids is 3. The van der Waals surface area contributed by atoms with Crippen LogP contribution in [0.3, 0.4) is 0 Å². The van der Waals surface area contributed by atoms with Crippen LogP contribution in [-0.4, -0.2) is 71.2 Å². The molecule has 1 aromatic heterocycles. The molecule has 40 heavy (non-hydrogen) atoms. The Balaban J connectivity index is 2.38. The van der Waals surface area contributed by atoms with Crippen LogP contribution in [0.15, 0.2) is 17.1 Å². The van der Waals surface area contributed by atoms with Gasteiger partial charge in [-0.3, -0.25) is 29.6 Å². The quantitative estimate of drug-likeness (QED) is 0.181. The van der Waals surface area contributed by atoms with Crippen LogP contribution < -0.4 is 11.2 Å². The van der Waals surface area contributed by atoms with Crippen molar-refractivity contribution in [3.05, 3.63) is 22.7 Å². The van der Waals surface area contributed by atoms with E-state index in [1.807, 2.05) is 0 Å². The summed E-state index contributed by atoms with van der Waals surface area (Å²) in [6, 6.07) is 1.31. The molecule has 2 rings (SSSR count). The number of hydrogen-bond donors (Lipinski definition) is 2. The Labute approximate surface area is 233 Å². The normalized spacial score (nSPS) is 21.6. The Morgan fingerprint density at radius 2 is 1.35 bits per heavy atom. The number of ether oxygens (including phenoxy) is 6. The number of aromatic nitrogens is 2. The first-order valence-electron chi connectivity index (χ1n) is 12.8. The van der Waals surface area contributed by atoms with Crippen molar-refractivity contribution < 1.29 is 48.0 Å². The van der Waals surface area contributed by atoms with Gasteiger partial charge in [0.15, 0.2) is 25.6 Å². The zero-order valence-corrected chi connectivity index (χ0v) is 24.5. The first-order chi connectivity index (χ1) is 18.4. The van der Waals surface area contributed by atoms with Gasteiger partial charge in [-0.25, -0.2) is 4.79 Å². The number of anilines is 1. The maximum absolute atomic E-state index is 12.8. The second-order valence-electron chi connectivity index (χ2n) is 12.4. The van der Waals surface area contributed by atoms with Gasteiger partial charge in [0.25, 0.3) is 0 Å². The Morgan fingerprint density at radius 1 is 0.875 bits per heavy atom. The van der Waals surface area contributed by atoms with Gasteiger partial charge in [-0.05, 0) is 68.4 Å². The lowest BCUT2D eigenvalue weighted by Crippen LogP contribution is -2.42. The molecule has 2 N–H and O–H groups in total. The Bertz CT molecular complexity index is 1100. The van der Waals surface area contributed by atoms with Crippen LogP contribution in [0.2, 0.25) is 0 Å². The average molecular weight is 572 g/mol. The fraction of sp³-hybridized carbons (Fsp3) is 0.731. The predicted octanol–water partition coefficient (Wildman–Crippen LogP) is 2.40. The fourth-order valence-electron chi connectivity index (χ4n) is 3.25. The molecule has 1 saturated heterocycles. The maximum Gasteiger partial charge on any atom is 0.351 e. The SMILES string of the molecule is CC(C)(C)C(=O)OCO[C@@H]1[C@H](OCOC(=O)C(C)(C)C)[C@@H](COC(=O)C(C)(C)C)O[C@H]1n1ccc(NO)nc1=O. The van der Waals surface area contributed by atoms with Crippen LogP contribution in [-0.2, 0) is 42.8 Å². The van der Waals surface area contributed by atoms with Crippen molar-refractivity contribution in [2.75, 3.05) is 25.7 Å². The molecule has 0 amide bonds. The van der Waals surface area contributed by atoms with Gasteiger partial charge in [0.1, 0.15) is 24.9 Å². The molecule has 2 heterocycles. The minimum absolute atomic E-state index is 0.103. The third-order valence-corrected chi connectivity index (χ3v) is 5.62. The topological polar surface area (TPSA) is 174 Å². The highest BCUT2D eigenvalue weighted by atomic mass is 16.7. The molecule has 1 aliphatic rings. The van der Waals surface area contributed by atoms with Crippen molar-refractivity contribution in [2.45, 2.75) is 86.9 Å². The summed E-state index contributed by atoms with van der Waals surface area (Å²) in [7, 11) is 0. The van der Waals surface area contributed by atoms with E-state index >= 15 is 0 Å². The summed E-state index contributed by atoms with van der Waals surface area (Å²) in [6.07, 6.45) is -3.05. The summed E-state index contributed by atoms with van der Waals surface area (Å²) < 4.78 is 34.8. The highest BCUT2D eigenvalue weighted by molar-refractivity contribution is 5.76. The molecule has 14 heteroatoms. The molecule has 226 valence electrons. The van der Waals surface area contributed by atoms with Crippen LogP contribution in [0.1, 0.15) is 68.5 Å². The molecule has 0 bridgehead atoms. The lowest BCUT2D eigenvalue weighted by Gasteiger charge is -2.26. The van der Waals surface area contributed by atoms with E-state index in [-0.39, 0.29) is 12.4 Å². The summed E-state index contributed by atoms with van der Waals surface area (Å²) in [5.41, 5.74) is -1.42. The molecule has 1 aliphatic heterocycles. The largest absolute Gasteiger partial charge is 0.462 e. The van der Waals surface area contributed by atoms with E-state index in [2.05, 4.69) is 4.98 Å². The third kappa shape index (κ3) is 8.98. The molecule has 1 fully saturated rings. The van der Waals surface area contributed by atoms with Gasteiger partial charge in [0, 0.05) is 6.20 Å². The van der Waals surface area contributed by atoms with Crippen LogP contribution in [0, 0.1) is 16.2 Å². The van der Waals surface area contributed by atoms with Crippen molar-refractivity contribution in [3.8, 4) is 0 Å². The summed E-state index contributed by atoms with van der Waals surface area (Å²) in [4.78, 5) is 53.5. The van der Waals surface area contributed by atoms with E-state index in [9.17, 15) is 19.2 Å². The average Bonchev–Trinajstić information content (AvgIpc) is 3.17. The van der Waals surface area contributed by atoms with Gasteiger partial charge < -0.3 is 28.4 Å². The molecule has 1 aromatic rings. The summed E-state index contributed by atoms with van der Waals surface area (Å²) in [5, 5.41) is 9.10. The van der Waals surface area contributed by atoms with Gasteiger partial charge in [0.2, 0.25) is 0 Å². The molecule has 0 spiro atoms. The standard InChI is InChI=1S/C26H41N3O11/c1-24(2,3)20(30)35-12-15-17(36-13-38-21(31)25(4,5)6)18(37-14-39-22(32)26(7,8)9)19(40-15)29-11-10-16(28-34)27-23(29)33/h10-11,15,17-19,34H,12-14H2,1-9H3,(H,27,28,33)/t15-,17-,18-,19-/m1/s1. The fourth-order valence-corrected chi connectivity index (χ4v) is 3.25. The maximum atomic E-state index is 12.8. The second-order valence-corrected chi connectivity index (χ2v) is 12.4. The molecule has 14 nitrogen and oxygen atoms in total. The third-order valence-electron chi connectivity index (χ3n) is 5.62. The molecule has 0 radical (unpaired) electrons. The number of nitrogens with one attached hydrogen (secondary N) is 1. The zero-order valence-electron chi connectivity index (χ0n) is 24.5. The number of carbonyl (C=O) groups is 3. The van der Waals surface area contributed by atoms with E-state index in [0.717, 1.165) is 4.57 Å². The molecule has 0 saturated carbocycles. The smallest absolute Gasteiger partial charge is 0.351 e. The van der Waals surface area contributed by atoms with Gasteiger partial charge in [0.05, 0.1) is 16.2 Å². The summed E-state index contributed by atoms with van der Waals surface area (Å²) in [6.45, 7) is 13.8. The highest BCUT2D eigenvalue weighted by Gasteiger charge is 2.49. The highest BCUT2D eigenvalue weighted by Crippen LogP contribution is 2.34. The number of rotatable bonds is 10.